The molecule has 12 heteroatoms. The van der Waals surface area contributed by atoms with E-state index in [2.05, 4.69) is 51.5 Å². The molecule has 170 valence electrons. The zero-order valence-electron chi connectivity index (χ0n) is 17.6. The average Bonchev–Trinajstić information content (AvgIpc) is 2.78. The predicted molar refractivity (Wildman–Crippen MR) is 133 cm³/mol. The summed E-state index contributed by atoms with van der Waals surface area (Å²) in [6, 6.07) is 19.1. The van der Waals surface area contributed by atoms with Gasteiger partial charge in [0.1, 0.15) is 0 Å². The Bertz CT molecular complexity index is 1120. The van der Waals surface area contributed by atoms with Crippen molar-refractivity contribution in [2.75, 3.05) is 22.5 Å². The number of anilines is 4. The maximum atomic E-state index is 6.13. The Balaban J connectivity index is 1.33. The largest absolute Gasteiger partial charge is 0.350 e. The summed E-state index contributed by atoms with van der Waals surface area (Å²) in [5.74, 6) is 1.11. The second-order valence-corrected chi connectivity index (χ2v) is 7.79. The maximum Gasteiger partial charge on any atom is 0.233 e. The van der Waals surface area contributed by atoms with E-state index in [4.69, 9.17) is 23.2 Å². The molecule has 0 bridgehead atoms. The molecule has 1 aliphatic rings. The van der Waals surface area contributed by atoms with Crippen LogP contribution < -0.4 is 26.6 Å². The fraction of sp³-hybridized carbons (Fsp3) is 0.190. The molecule has 2 heterocycles. The van der Waals surface area contributed by atoms with Gasteiger partial charge in [-0.1, -0.05) is 36.4 Å². The van der Waals surface area contributed by atoms with Crippen molar-refractivity contribution in [3.05, 3.63) is 65.9 Å². The van der Waals surface area contributed by atoms with E-state index in [-0.39, 0.29) is 16.6 Å². The highest BCUT2D eigenvalue weighted by molar-refractivity contribution is 6.65. The minimum absolute atomic E-state index is 0.0618. The monoisotopic (exact) mass is 484 g/mol. The van der Waals surface area contributed by atoms with E-state index < -0.39 is 6.29 Å². The van der Waals surface area contributed by atoms with Crippen LogP contribution in [0.3, 0.4) is 0 Å². The number of guanidine groups is 1. The first-order valence-corrected chi connectivity index (χ1v) is 10.9. The molecular weight excluding hydrogens is 463 g/mol. The van der Waals surface area contributed by atoms with Gasteiger partial charge in [0.15, 0.2) is 6.29 Å². The van der Waals surface area contributed by atoms with Gasteiger partial charge in [0.05, 0.1) is 0 Å². The highest BCUT2D eigenvalue weighted by Crippen LogP contribution is 2.16. The Kier molecular flexibility index (Phi) is 7.51. The molecule has 1 aliphatic heterocycles. The van der Waals surface area contributed by atoms with E-state index in [9.17, 15) is 0 Å². The molecule has 33 heavy (non-hydrogen) atoms. The lowest BCUT2D eigenvalue weighted by molar-refractivity contribution is 0.486. The van der Waals surface area contributed by atoms with Crippen molar-refractivity contribution in [3.63, 3.8) is 0 Å². The Morgan fingerprint density at radius 1 is 0.879 bits per heavy atom. The molecule has 10 nitrogen and oxygen atoms in total. The highest BCUT2D eigenvalue weighted by atomic mass is 35.5. The fourth-order valence-electron chi connectivity index (χ4n) is 2.91. The summed E-state index contributed by atoms with van der Waals surface area (Å²) in [5.41, 5.74) is 1.71. The van der Waals surface area contributed by atoms with Crippen LogP contribution in [0.2, 0.25) is 5.28 Å². The summed E-state index contributed by atoms with van der Waals surface area (Å²) in [6.07, 6.45) is -0.456. The molecule has 0 aliphatic carbocycles. The van der Waals surface area contributed by atoms with Crippen molar-refractivity contribution in [2.24, 2.45) is 9.98 Å². The molecule has 1 aromatic heterocycles. The molecule has 0 amide bonds. The second kappa shape index (κ2) is 10.9. The summed E-state index contributed by atoms with van der Waals surface area (Å²) in [5, 5.41) is 16.0. The predicted octanol–water partition coefficient (Wildman–Crippen LogP) is 3.61. The minimum atomic E-state index is -0.456. The number of aromatic nitrogens is 3. The summed E-state index contributed by atoms with van der Waals surface area (Å²) in [7, 11) is 0. The molecule has 3 aromatic rings. The number of hydrogen-bond donors (Lipinski definition) is 5. The molecule has 5 N–H and O–H groups in total. The average molecular weight is 485 g/mol. The molecular formula is C21H22Cl2N10. The van der Waals surface area contributed by atoms with Crippen LogP contribution in [-0.2, 0) is 0 Å². The number of para-hydroxylation sites is 2. The molecule has 4 rings (SSSR count). The Labute approximate surface area is 201 Å². The van der Waals surface area contributed by atoms with Crippen molar-refractivity contribution >= 4 is 57.7 Å². The maximum absolute atomic E-state index is 6.13. The Morgan fingerprint density at radius 2 is 1.52 bits per heavy atom. The zero-order chi connectivity index (χ0) is 23.0. The summed E-state index contributed by atoms with van der Waals surface area (Å²) >= 11 is 12.2. The first-order chi connectivity index (χ1) is 16.0. The van der Waals surface area contributed by atoms with Gasteiger partial charge < -0.3 is 21.3 Å². The number of amidine groups is 1. The van der Waals surface area contributed by atoms with Gasteiger partial charge in [-0.15, -0.1) is 0 Å². The van der Waals surface area contributed by atoms with Crippen molar-refractivity contribution in [1.82, 2.24) is 25.6 Å². The molecule has 0 spiro atoms. The summed E-state index contributed by atoms with van der Waals surface area (Å²) in [6.45, 7) is 2.50. The summed E-state index contributed by atoms with van der Waals surface area (Å²) in [4.78, 5) is 21.3. The second-order valence-electron chi connectivity index (χ2n) is 7.09. The smallest absolute Gasteiger partial charge is 0.233 e. The number of nitrogens with one attached hydrogen (secondary N) is 5. The minimum Gasteiger partial charge on any atom is -0.350 e. The van der Waals surface area contributed by atoms with E-state index in [1.54, 1.807) is 0 Å². The molecule has 0 radical (unpaired) electrons. The van der Waals surface area contributed by atoms with Crippen molar-refractivity contribution in [3.8, 4) is 0 Å². The molecule has 2 unspecified atom stereocenters. The van der Waals surface area contributed by atoms with Gasteiger partial charge in [0.2, 0.25) is 28.4 Å². The van der Waals surface area contributed by atoms with E-state index >= 15 is 0 Å². The number of aliphatic imine (C=N–C) groups is 2. The van der Waals surface area contributed by atoms with Gasteiger partial charge in [-0.3, -0.25) is 5.32 Å². The van der Waals surface area contributed by atoms with Gasteiger partial charge in [-0.05, 0) is 54.4 Å². The van der Waals surface area contributed by atoms with E-state index in [0.29, 0.717) is 24.4 Å². The van der Waals surface area contributed by atoms with Crippen LogP contribution in [0.4, 0.5) is 23.3 Å². The van der Waals surface area contributed by atoms with Crippen LogP contribution in [-0.4, -0.2) is 45.1 Å². The highest BCUT2D eigenvalue weighted by Gasteiger charge is 2.17. The normalized spacial score (nSPS) is 16.2. The third kappa shape index (κ3) is 7.01. The molecule has 0 saturated heterocycles. The number of nitrogens with zero attached hydrogens (tertiary/aromatic N) is 5. The number of halogens is 2. The molecule has 0 fully saturated rings. The lowest BCUT2D eigenvalue weighted by atomic mass is 10.3. The van der Waals surface area contributed by atoms with Crippen LogP contribution in [0.15, 0.2) is 70.6 Å². The van der Waals surface area contributed by atoms with E-state index in [1.165, 1.54) is 0 Å². The number of hydrogen-bond acceptors (Lipinski definition) is 10. The molecule has 2 aromatic carbocycles. The molecule has 2 atom stereocenters. The summed E-state index contributed by atoms with van der Waals surface area (Å²) < 4.78 is 0. The third-order valence-corrected chi connectivity index (χ3v) is 4.73. The van der Waals surface area contributed by atoms with Gasteiger partial charge in [0.25, 0.3) is 0 Å². The third-order valence-electron chi connectivity index (χ3n) is 4.37. The van der Waals surface area contributed by atoms with Crippen LogP contribution in [0, 0.1) is 0 Å². The Morgan fingerprint density at radius 3 is 2.21 bits per heavy atom. The topological polar surface area (TPSA) is 124 Å². The number of rotatable bonds is 8. The lowest BCUT2D eigenvalue weighted by Gasteiger charge is -2.23. The van der Waals surface area contributed by atoms with Crippen molar-refractivity contribution in [1.29, 1.82) is 0 Å². The van der Waals surface area contributed by atoms with Gasteiger partial charge in [0, 0.05) is 24.0 Å². The molecule has 0 saturated carbocycles. The quantitative estimate of drug-likeness (QED) is 0.307. The Hall–Kier alpha value is -3.47. The van der Waals surface area contributed by atoms with Crippen LogP contribution in [0.5, 0.6) is 0 Å². The van der Waals surface area contributed by atoms with Crippen LogP contribution >= 0.6 is 23.2 Å². The van der Waals surface area contributed by atoms with Crippen molar-refractivity contribution in [2.45, 2.75) is 19.3 Å². The fourth-order valence-corrected chi connectivity index (χ4v) is 3.25. The van der Waals surface area contributed by atoms with Crippen molar-refractivity contribution < 1.29 is 0 Å². The zero-order valence-corrected chi connectivity index (χ0v) is 19.1. The SMILES string of the molecule is CC(CNC1N=C(Nc2ccccc2)N=C(Cl)N1)Nc1nc(Cl)nc(Nc2ccccc2)n1. The standard InChI is InChI=1S/C21H22Cl2N10/c1-13(25-19-29-17(23)31-21(33-19)27-15-10-6-3-7-11-15)12-24-18-28-16(22)30-20(32-18)26-14-8-4-2-5-9-14/h2-11,13,18,24H,12H2,1H3,(H2,26,28,30,32)(H2,25,27,29,31,33). The first-order valence-electron chi connectivity index (χ1n) is 10.2. The van der Waals surface area contributed by atoms with Gasteiger partial charge >= 0.3 is 0 Å². The lowest BCUT2D eigenvalue weighted by Crippen LogP contribution is -2.49. The van der Waals surface area contributed by atoms with E-state index in [1.807, 2.05) is 67.6 Å². The number of benzene rings is 2. The van der Waals surface area contributed by atoms with E-state index in [0.717, 1.165) is 11.4 Å². The first kappa shape index (κ1) is 22.7. The van der Waals surface area contributed by atoms with Crippen LogP contribution in [0.1, 0.15) is 6.92 Å². The van der Waals surface area contributed by atoms with Gasteiger partial charge in [-0.25, -0.2) is 4.99 Å². The van der Waals surface area contributed by atoms with Crippen LogP contribution in [0.25, 0.3) is 0 Å². The van der Waals surface area contributed by atoms with Gasteiger partial charge in [-0.2, -0.15) is 19.9 Å².